The minimum atomic E-state index is 0.440. The zero-order valence-electron chi connectivity index (χ0n) is 9.59. The average molecular weight is 201 g/mol. The van der Waals surface area contributed by atoms with Crippen molar-refractivity contribution < 1.29 is 0 Å². The van der Waals surface area contributed by atoms with Gasteiger partial charge < -0.3 is 5.32 Å². The SMILES string of the molecule is C#CCC(CC)NCc1cccc(C)c1. The lowest BCUT2D eigenvalue weighted by Crippen LogP contribution is -2.27. The Morgan fingerprint density at radius 3 is 2.87 bits per heavy atom. The van der Waals surface area contributed by atoms with Gasteiger partial charge in [0.05, 0.1) is 0 Å². The van der Waals surface area contributed by atoms with Crippen LogP contribution >= 0.6 is 0 Å². The minimum Gasteiger partial charge on any atom is -0.309 e. The predicted molar refractivity (Wildman–Crippen MR) is 65.5 cm³/mol. The van der Waals surface area contributed by atoms with Crippen molar-refractivity contribution in [2.45, 2.75) is 39.3 Å². The highest BCUT2D eigenvalue weighted by Gasteiger charge is 2.03. The summed E-state index contributed by atoms with van der Waals surface area (Å²) in [5, 5.41) is 3.47. The topological polar surface area (TPSA) is 12.0 Å². The van der Waals surface area contributed by atoms with Crippen molar-refractivity contribution in [1.82, 2.24) is 5.32 Å². The maximum atomic E-state index is 5.31. The Hall–Kier alpha value is -1.26. The molecule has 80 valence electrons. The summed E-state index contributed by atoms with van der Waals surface area (Å²) in [4.78, 5) is 0. The van der Waals surface area contributed by atoms with Crippen LogP contribution in [0.1, 0.15) is 30.9 Å². The van der Waals surface area contributed by atoms with E-state index in [4.69, 9.17) is 6.42 Å². The third-order valence-electron chi connectivity index (χ3n) is 2.53. The summed E-state index contributed by atoms with van der Waals surface area (Å²) < 4.78 is 0. The standard InChI is InChI=1S/C14H19N/c1-4-7-14(5-2)15-11-13-9-6-8-12(3)10-13/h1,6,8-10,14-15H,5,7,11H2,2-3H3. The van der Waals surface area contributed by atoms with Gasteiger partial charge in [-0.05, 0) is 18.9 Å². The number of hydrogen-bond donors (Lipinski definition) is 1. The lowest BCUT2D eigenvalue weighted by molar-refractivity contribution is 0.506. The Morgan fingerprint density at radius 1 is 1.47 bits per heavy atom. The molecule has 0 radical (unpaired) electrons. The van der Waals surface area contributed by atoms with Crippen LogP contribution in [-0.4, -0.2) is 6.04 Å². The Labute approximate surface area is 92.9 Å². The van der Waals surface area contributed by atoms with Gasteiger partial charge in [-0.2, -0.15) is 0 Å². The van der Waals surface area contributed by atoms with Gasteiger partial charge in [0.25, 0.3) is 0 Å². The first-order valence-corrected chi connectivity index (χ1v) is 5.48. The Balaban J connectivity index is 2.46. The van der Waals surface area contributed by atoms with Crippen molar-refractivity contribution in [3.05, 3.63) is 35.4 Å². The highest BCUT2D eigenvalue weighted by atomic mass is 14.9. The van der Waals surface area contributed by atoms with Gasteiger partial charge in [0.2, 0.25) is 0 Å². The predicted octanol–water partition coefficient (Wildman–Crippen LogP) is 2.89. The summed E-state index contributed by atoms with van der Waals surface area (Å²) >= 11 is 0. The second-order valence-corrected chi connectivity index (χ2v) is 3.88. The lowest BCUT2D eigenvalue weighted by atomic mass is 10.1. The van der Waals surface area contributed by atoms with Crippen LogP contribution in [0.15, 0.2) is 24.3 Å². The Bertz CT molecular complexity index is 335. The van der Waals surface area contributed by atoms with Crippen LogP contribution in [0.3, 0.4) is 0 Å². The molecule has 1 unspecified atom stereocenters. The van der Waals surface area contributed by atoms with Crippen LogP contribution in [0, 0.1) is 19.3 Å². The van der Waals surface area contributed by atoms with Crippen molar-refractivity contribution in [2.75, 3.05) is 0 Å². The van der Waals surface area contributed by atoms with E-state index in [9.17, 15) is 0 Å². The maximum absolute atomic E-state index is 5.31. The smallest absolute Gasteiger partial charge is 0.0240 e. The van der Waals surface area contributed by atoms with E-state index in [1.165, 1.54) is 11.1 Å². The van der Waals surface area contributed by atoms with Gasteiger partial charge in [0.15, 0.2) is 0 Å². The molecule has 1 rings (SSSR count). The molecule has 0 fully saturated rings. The lowest BCUT2D eigenvalue weighted by Gasteiger charge is -2.14. The highest BCUT2D eigenvalue weighted by Crippen LogP contribution is 2.05. The van der Waals surface area contributed by atoms with Crippen molar-refractivity contribution >= 4 is 0 Å². The van der Waals surface area contributed by atoms with Crippen molar-refractivity contribution in [2.24, 2.45) is 0 Å². The van der Waals surface area contributed by atoms with E-state index in [0.717, 1.165) is 19.4 Å². The van der Waals surface area contributed by atoms with E-state index in [1.54, 1.807) is 0 Å². The summed E-state index contributed by atoms with van der Waals surface area (Å²) in [5.41, 5.74) is 2.63. The number of terminal acetylenes is 1. The van der Waals surface area contributed by atoms with Crippen LogP contribution < -0.4 is 5.32 Å². The van der Waals surface area contributed by atoms with Crippen molar-refractivity contribution in [1.29, 1.82) is 0 Å². The highest BCUT2D eigenvalue weighted by molar-refractivity contribution is 5.22. The molecule has 0 heterocycles. The monoisotopic (exact) mass is 201 g/mol. The van der Waals surface area contributed by atoms with E-state index in [0.29, 0.717) is 6.04 Å². The van der Waals surface area contributed by atoms with Gasteiger partial charge in [-0.1, -0.05) is 36.8 Å². The van der Waals surface area contributed by atoms with E-state index >= 15 is 0 Å². The number of hydrogen-bond acceptors (Lipinski definition) is 1. The molecule has 0 bridgehead atoms. The van der Waals surface area contributed by atoms with Gasteiger partial charge in [-0.25, -0.2) is 0 Å². The van der Waals surface area contributed by atoms with E-state index < -0.39 is 0 Å². The molecule has 1 N–H and O–H groups in total. The number of benzene rings is 1. The van der Waals surface area contributed by atoms with Gasteiger partial charge in [-0.15, -0.1) is 12.3 Å². The minimum absolute atomic E-state index is 0.440. The summed E-state index contributed by atoms with van der Waals surface area (Å²) in [6.07, 6.45) is 7.20. The second-order valence-electron chi connectivity index (χ2n) is 3.88. The molecule has 1 atom stereocenters. The molecule has 1 aromatic carbocycles. The third kappa shape index (κ3) is 4.18. The number of rotatable bonds is 5. The van der Waals surface area contributed by atoms with Crippen LogP contribution in [0.4, 0.5) is 0 Å². The molecule has 0 aliphatic heterocycles. The fourth-order valence-electron chi connectivity index (χ4n) is 1.59. The fraction of sp³-hybridized carbons (Fsp3) is 0.429. The van der Waals surface area contributed by atoms with Gasteiger partial charge in [-0.3, -0.25) is 0 Å². The molecular weight excluding hydrogens is 182 g/mol. The number of nitrogens with one attached hydrogen (secondary N) is 1. The van der Waals surface area contributed by atoms with Crippen LogP contribution in [0.25, 0.3) is 0 Å². The van der Waals surface area contributed by atoms with Gasteiger partial charge in [0, 0.05) is 19.0 Å². The summed E-state index contributed by atoms with van der Waals surface area (Å²) in [6.45, 7) is 5.18. The quantitative estimate of drug-likeness (QED) is 0.722. The summed E-state index contributed by atoms with van der Waals surface area (Å²) in [6, 6.07) is 8.99. The molecule has 1 heteroatoms. The first-order valence-electron chi connectivity index (χ1n) is 5.48. The molecule has 0 saturated heterocycles. The zero-order chi connectivity index (χ0) is 11.1. The number of aryl methyl sites for hydroxylation is 1. The molecule has 0 aliphatic rings. The molecule has 0 spiro atoms. The second kappa shape index (κ2) is 6.27. The summed E-state index contributed by atoms with van der Waals surface area (Å²) in [5.74, 6) is 2.70. The van der Waals surface area contributed by atoms with Crippen molar-refractivity contribution in [3.8, 4) is 12.3 Å². The maximum Gasteiger partial charge on any atom is 0.0240 e. The van der Waals surface area contributed by atoms with Gasteiger partial charge in [0.1, 0.15) is 0 Å². The average Bonchev–Trinajstić information content (AvgIpc) is 2.24. The van der Waals surface area contributed by atoms with Crippen LogP contribution in [-0.2, 0) is 6.54 Å². The third-order valence-corrected chi connectivity index (χ3v) is 2.53. The van der Waals surface area contributed by atoms with Gasteiger partial charge >= 0.3 is 0 Å². The van der Waals surface area contributed by atoms with E-state index in [1.807, 2.05) is 0 Å². The molecule has 0 saturated carbocycles. The largest absolute Gasteiger partial charge is 0.309 e. The molecule has 1 aromatic rings. The first-order chi connectivity index (χ1) is 7.26. The fourth-order valence-corrected chi connectivity index (χ4v) is 1.59. The summed E-state index contributed by atoms with van der Waals surface area (Å²) in [7, 11) is 0. The molecule has 1 nitrogen and oxygen atoms in total. The van der Waals surface area contributed by atoms with Crippen LogP contribution in [0.5, 0.6) is 0 Å². The van der Waals surface area contributed by atoms with E-state index in [2.05, 4.69) is 49.4 Å². The normalized spacial score (nSPS) is 12.1. The molecule has 0 aromatic heterocycles. The molecular formula is C14H19N. The Kier molecular flexibility index (Phi) is 4.93. The molecule has 0 amide bonds. The van der Waals surface area contributed by atoms with Crippen LogP contribution in [0.2, 0.25) is 0 Å². The Morgan fingerprint density at radius 2 is 2.27 bits per heavy atom. The van der Waals surface area contributed by atoms with E-state index in [-0.39, 0.29) is 0 Å². The molecule has 15 heavy (non-hydrogen) atoms. The van der Waals surface area contributed by atoms with Crippen molar-refractivity contribution in [3.63, 3.8) is 0 Å². The molecule has 0 aliphatic carbocycles. The zero-order valence-corrected chi connectivity index (χ0v) is 9.59. The first kappa shape index (κ1) is 11.8.